The number of rotatable bonds is 8. The molecule has 1 aromatic carbocycles. The highest BCUT2D eigenvalue weighted by Crippen LogP contribution is 2.42. The third-order valence-electron chi connectivity index (χ3n) is 8.39. The van der Waals surface area contributed by atoms with Crippen LogP contribution in [0.1, 0.15) is 67.8 Å². The summed E-state index contributed by atoms with van der Waals surface area (Å²) in [5, 5.41) is 5.46. The van der Waals surface area contributed by atoms with Crippen LogP contribution in [-0.4, -0.2) is 47.8 Å². The van der Waals surface area contributed by atoms with Crippen LogP contribution in [0, 0.1) is 11.3 Å². The summed E-state index contributed by atoms with van der Waals surface area (Å²) in [5.41, 5.74) is 0.994. The van der Waals surface area contributed by atoms with Crippen molar-refractivity contribution in [3.05, 3.63) is 52.2 Å². The van der Waals surface area contributed by atoms with Gasteiger partial charge in [-0.15, -0.1) is 24.0 Å². The Kier molecular flexibility index (Phi) is 7.85. The predicted octanol–water partition coefficient (Wildman–Crippen LogP) is 5.29. The predicted molar refractivity (Wildman–Crippen MR) is 144 cm³/mol. The van der Waals surface area contributed by atoms with Crippen molar-refractivity contribution in [1.29, 1.82) is 0 Å². The van der Waals surface area contributed by atoms with Crippen molar-refractivity contribution in [3.63, 3.8) is 0 Å². The first-order chi connectivity index (χ1) is 17.0. The summed E-state index contributed by atoms with van der Waals surface area (Å²) in [5.74, 6) is 0.769. The fourth-order valence-corrected chi connectivity index (χ4v) is 7.06. The van der Waals surface area contributed by atoms with E-state index in [1.165, 1.54) is 23.3 Å². The van der Waals surface area contributed by atoms with Crippen LogP contribution in [0.15, 0.2) is 46.7 Å². The van der Waals surface area contributed by atoms with Crippen molar-refractivity contribution in [3.8, 4) is 0 Å². The SMILES string of the molecule is O=C(NC(CCN1CCC2(CC1)CCN(Cc1ccc(S)cc1)C2=O)c1cccs1)C1CCCC1. The Labute approximate surface area is 218 Å². The molecule has 7 heteroatoms. The maximum Gasteiger partial charge on any atom is 0.229 e. The van der Waals surface area contributed by atoms with Gasteiger partial charge >= 0.3 is 0 Å². The van der Waals surface area contributed by atoms with Crippen molar-refractivity contribution in [2.45, 2.75) is 68.8 Å². The van der Waals surface area contributed by atoms with E-state index in [1.807, 2.05) is 12.1 Å². The average Bonchev–Trinajstić information content (AvgIpc) is 3.64. The lowest BCUT2D eigenvalue weighted by molar-refractivity contribution is -0.139. The normalized spacial score (nSPS) is 21.6. The fraction of sp³-hybridized carbons (Fsp3) is 0.571. The molecule has 5 rings (SSSR count). The van der Waals surface area contributed by atoms with E-state index in [4.69, 9.17) is 0 Å². The molecule has 35 heavy (non-hydrogen) atoms. The van der Waals surface area contributed by atoms with Crippen molar-refractivity contribution in [2.75, 3.05) is 26.2 Å². The molecule has 1 unspecified atom stereocenters. The number of thiol groups is 1. The molecule has 2 saturated heterocycles. The summed E-state index contributed by atoms with van der Waals surface area (Å²) in [4.78, 5) is 32.9. The van der Waals surface area contributed by atoms with Gasteiger partial charge in [0.05, 0.1) is 11.5 Å². The van der Waals surface area contributed by atoms with Gasteiger partial charge in [-0.3, -0.25) is 9.59 Å². The van der Waals surface area contributed by atoms with E-state index < -0.39 is 0 Å². The lowest BCUT2D eigenvalue weighted by Gasteiger charge is -2.38. The lowest BCUT2D eigenvalue weighted by Crippen LogP contribution is -2.45. The smallest absolute Gasteiger partial charge is 0.229 e. The lowest BCUT2D eigenvalue weighted by atomic mass is 9.77. The number of thiophene rings is 1. The van der Waals surface area contributed by atoms with Gasteiger partial charge in [0, 0.05) is 35.3 Å². The average molecular weight is 512 g/mol. The number of benzene rings is 1. The minimum atomic E-state index is -0.177. The molecule has 2 amide bonds. The first-order valence-electron chi connectivity index (χ1n) is 13.2. The number of hydrogen-bond acceptors (Lipinski definition) is 5. The minimum absolute atomic E-state index is 0.0891. The van der Waals surface area contributed by atoms with Crippen molar-refractivity contribution in [1.82, 2.24) is 15.1 Å². The fourth-order valence-electron chi connectivity index (χ4n) is 6.10. The number of nitrogens with zero attached hydrogens (tertiary/aromatic N) is 2. The number of carbonyl (C=O) groups is 2. The molecule has 3 aliphatic rings. The highest BCUT2D eigenvalue weighted by Gasteiger charge is 2.47. The second-order valence-electron chi connectivity index (χ2n) is 10.6. The van der Waals surface area contributed by atoms with E-state index in [-0.39, 0.29) is 23.3 Å². The molecule has 3 fully saturated rings. The molecule has 2 aromatic rings. The Morgan fingerprint density at radius 1 is 1.09 bits per heavy atom. The van der Waals surface area contributed by atoms with Crippen LogP contribution in [0.2, 0.25) is 0 Å². The molecule has 1 saturated carbocycles. The van der Waals surface area contributed by atoms with Gasteiger partial charge in [-0.05, 0) is 80.8 Å². The number of likely N-dealkylation sites (tertiary alicyclic amines) is 2. The van der Waals surface area contributed by atoms with Crippen molar-refractivity contribution < 1.29 is 9.59 Å². The van der Waals surface area contributed by atoms with Gasteiger partial charge in [-0.25, -0.2) is 0 Å². The Bertz CT molecular complexity index is 994. The van der Waals surface area contributed by atoms with Gasteiger partial charge in [0.25, 0.3) is 0 Å². The zero-order valence-corrected chi connectivity index (χ0v) is 22.2. The van der Waals surface area contributed by atoms with E-state index in [2.05, 4.69) is 57.4 Å². The number of amides is 2. The van der Waals surface area contributed by atoms with E-state index in [1.54, 1.807) is 11.3 Å². The largest absolute Gasteiger partial charge is 0.348 e. The monoisotopic (exact) mass is 511 g/mol. The second-order valence-corrected chi connectivity index (χ2v) is 12.1. The van der Waals surface area contributed by atoms with Gasteiger partial charge in [-0.2, -0.15) is 0 Å². The van der Waals surface area contributed by atoms with Crippen LogP contribution in [0.5, 0.6) is 0 Å². The van der Waals surface area contributed by atoms with Crippen molar-refractivity contribution >= 4 is 35.8 Å². The zero-order chi connectivity index (χ0) is 24.3. The van der Waals surface area contributed by atoms with E-state index in [9.17, 15) is 9.59 Å². The van der Waals surface area contributed by atoms with Crippen LogP contribution < -0.4 is 5.32 Å². The molecule has 1 atom stereocenters. The van der Waals surface area contributed by atoms with Crippen LogP contribution in [0.3, 0.4) is 0 Å². The molecule has 1 aromatic heterocycles. The van der Waals surface area contributed by atoms with Gasteiger partial charge in [-0.1, -0.05) is 31.0 Å². The molecule has 1 spiro atoms. The van der Waals surface area contributed by atoms with Gasteiger partial charge in [0.15, 0.2) is 0 Å². The van der Waals surface area contributed by atoms with E-state index >= 15 is 0 Å². The van der Waals surface area contributed by atoms with Gasteiger partial charge in [0.2, 0.25) is 11.8 Å². The number of piperidine rings is 1. The highest BCUT2D eigenvalue weighted by molar-refractivity contribution is 7.80. The van der Waals surface area contributed by atoms with E-state index in [0.717, 1.165) is 69.6 Å². The third-order valence-corrected chi connectivity index (χ3v) is 9.67. The van der Waals surface area contributed by atoms with E-state index in [0.29, 0.717) is 12.5 Å². The molecular formula is C28H37N3O2S2. The Morgan fingerprint density at radius 2 is 1.80 bits per heavy atom. The van der Waals surface area contributed by atoms with Crippen LogP contribution in [-0.2, 0) is 16.1 Å². The summed E-state index contributed by atoms with van der Waals surface area (Å²) in [6, 6.07) is 12.4. The van der Waals surface area contributed by atoms with Crippen LogP contribution in [0.4, 0.5) is 0 Å². The van der Waals surface area contributed by atoms with Gasteiger partial charge < -0.3 is 15.1 Å². The first kappa shape index (κ1) is 24.8. The molecule has 5 nitrogen and oxygen atoms in total. The maximum atomic E-state index is 13.4. The Balaban J connectivity index is 1.13. The summed E-state index contributed by atoms with van der Waals surface area (Å²) >= 11 is 6.09. The molecular weight excluding hydrogens is 474 g/mol. The summed E-state index contributed by atoms with van der Waals surface area (Å²) in [6.45, 7) is 4.43. The minimum Gasteiger partial charge on any atom is -0.348 e. The second kappa shape index (κ2) is 11.1. The molecule has 1 aliphatic carbocycles. The number of hydrogen-bond donors (Lipinski definition) is 2. The molecule has 3 heterocycles. The molecule has 1 N–H and O–H groups in total. The highest BCUT2D eigenvalue weighted by atomic mass is 32.1. The summed E-state index contributed by atoms with van der Waals surface area (Å²) < 4.78 is 0. The summed E-state index contributed by atoms with van der Waals surface area (Å²) in [7, 11) is 0. The Hall–Kier alpha value is -1.83. The third kappa shape index (κ3) is 5.78. The van der Waals surface area contributed by atoms with Crippen LogP contribution >= 0.6 is 24.0 Å². The quantitative estimate of drug-likeness (QED) is 0.474. The molecule has 2 aliphatic heterocycles. The van der Waals surface area contributed by atoms with Gasteiger partial charge in [0.1, 0.15) is 0 Å². The molecule has 188 valence electrons. The first-order valence-corrected chi connectivity index (χ1v) is 14.5. The standard InChI is InChI=1S/C28H37N3O2S2/c32-26(22-4-1-2-5-22)29-24(25-6-3-19-35-25)11-15-30-16-12-28(13-17-30)14-18-31(27(28)33)20-21-7-9-23(34)10-8-21/h3,6-10,19,22,24,34H,1-2,4-5,11-18,20H2,(H,29,32). The Morgan fingerprint density at radius 3 is 2.49 bits per heavy atom. The maximum absolute atomic E-state index is 13.4. The zero-order valence-electron chi connectivity index (χ0n) is 20.5. The molecule has 0 radical (unpaired) electrons. The molecule has 0 bridgehead atoms. The van der Waals surface area contributed by atoms with Crippen LogP contribution in [0.25, 0.3) is 0 Å². The summed E-state index contributed by atoms with van der Waals surface area (Å²) in [6.07, 6.45) is 8.19. The topological polar surface area (TPSA) is 52.7 Å². The number of nitrogens with one attached hydrogen (secondary N) is 1. The number of carbonyl (C=O) groups excluding carboxylic acids is 2. The van der Waals surface area contributed by atoms with Crippen molar-refractivity contribution in [2.24, 2.45) is 11.3 Å².